The van der Waals surface area contributed by atoms with Gasteiger partial charge < -0.3 is 5.32 Å². The van der Waals surface area contributed by atoms with Gasteiger partial charge in [-0.3, -0.25) is 0 Å². The fourth-order valence-corrected chi connectivity index (χ4v) is 2.64. The summed E-state index contributed by atoms with van der Waals surface area (Å²) < 4.78 is 17.8. The number of benzene rings is 1. The molecular formula is C11H11BrFN3S. The second-order valence-electron chi connectivity index (χ2n) is 3.58. The van der Waals surface area contributed by atoms with Crippen LogP contribution in [0, 0.1) is 5.82 Å². The number of nitrogens with one attached hydrogen (secondary N) is 1. The van der Waals surface area contributed by atoms with Crippen molar-refractivity contribution in [3.63, 3.8) is 0 Å². The maximum atomic E-state index is 13.4. The Morgan fingerprint density at radius 1 is 1.53 bits per heavy atom. The Labute approximate surface area is 111 Å². The van der Waals surface area contributed by atoms with E-state index in [-0.39, 0.29) is 11.9 Å². The second kappa shape index (κ2) is 5.66. The third-order valence-electron chi connectivity index (χ3n) is 2.53. The van der Waals surface area contributed by atoms with Crippen molar-refractivity contribution in [2.75, 3.05) is 7.05 Å². The molecule has 0 spiro atoms. The molecule has 0 saturated heterocycles. The highest BCUT2D eigenvalue weighted by atomic mass is 79.9. The van der Waals surface area contributed by atoms with E-state index < -0.39 is 0 Å². The summed E-state index contributed by atoms with van der Waals surface area (Å²) in [5.41, 5.74) is 0.928. The molecule has 1 aromatic heterocycles. The zero-order chi connectivity index (χ0) is 12.3. The van der Waals surface area contributed by atoms with Gasteiger partial charge in [0.25, 0.3) is 0 Å². The summed E-state index contributed by atoms with van der Waals surface area (Å²) in [5, 5.41) is 7.00. The molecule has 0 aliphatic rings. The minimum Gasteiger partial charge on any atom is -0.312 e. The lowest BCUT2D eigenvalue weighted by molar-refractivity contribution is 0.586. The zero-order valence-corrected chi connectivity index (χ0v) is 11.6. The fourth-order valence-electron chi connectivity index (χ4n) is 1.60. The van der Waals surface area contributed by atoms with Crippen molar-refractivity contribution in [1.82, 2.24) is 14.9 Å². The van der Waals surface area contributed by atoms with Gasteiger partial charge in [-0.2, -0.15) is 0 Å². The monoisotopic (exact) mass is 315 g/mol. The molecule has 0 aliphatic carbocycles. The van der Waals surface area contributed by atoms with Crippen LogP contribution in [0.25, 0.3) is 0 Å². The molecule has 2 aromatic rings. The van der Waals surface area contributed by atoms with Crippen LogP contribution >= 0.6 is 27.5 Å². The molecule has 90 valence electrons. The van der Waals surface area contributed by atoms with Gasteiger partial charge >= 0.3 is 0 Å². The van der Waals surface area contributed by atoms with Gasteiger partial charge in [0.05, 0.1) is 15.5 Å². The van der Waals surface area contributed by atoms with E-state index >= 15 is 0 Å². The van der Waals surface area contributed by atoms with E-state index in [4.69, 9.17) is 0 Å². The molecule has 0 aliphatic heterocycles. The lowest BCUT2D eigenvalue weighted by Gasteiger charge is -2.14. The minimum atomic E-state index is -0.236. The van der Waals surface area contributed by atoms with Crippen LogP contribution in [0.3, 0.4) is 0 Å². The van der Waals surface area contributed by atoms with Crippen molar-refractivity contribution in [1.29, 1.82) is 0 Å². The first kappa shape index (κ1) is 12.6. The van der Waals surface area contributed by atoms with Gasteiger partial charge in [0.1, 0.15) is 5.82 Å². The number of hydrogen-bond donors (Lipinski definition) is 1. The van der Waals surface area contributed by atoms with Gasteiger partial charge in [-0.05, 0) is 52.6 Å². The van der Waals surface area contributed by atoms with Gasteiger partial charge in [0.15, 0.2) is 0 Å². The molecule has 0 saturated carbocycles. The molecular weight excluding hydrogens is 305 g/mol. The van der Waals surface area contributed by atoms with E-state index in [1.165, 1.54) is 17.6 Å². The van der Waals surface area contributed by atoms with Crippen LogP contribution in [0.4, 0.5) is 4.39 Å². The van der Waals surface area contributed by atoms with Gasteiger partial charge in [0, 0.05) is 6.04 Å². The van der Waals surface area contributed by atoms with Crippen LogP contribution in [0.5, 0.6) is 0 Å². The molecule has 1 N–H and O–H groups in total. The standard InChI is InChI=1S/C11H11BrFN3S/c1-14-9(10-6-15-16-17-10)5-7-3-2-4-8(13)11(7)12/h2-4,6,9,14H,5H2,1H3. The molecule has 6 heteroatoms. The summed E-state index contributed by atoms with van der Waals surface area (Å²) >= 11 is 4.62. The Morgan fingerprint density at radius 2 is 2.35 bits per heavy atom. The van der Waals surface area contributed by atoms with Crippen molar-refractivity contribution in [3.05, 3.63) is 45.1 Å². The number of nitrogens with zero attached hydrogens (tertiary/aromatic N) is 2. The predicted molar refractivity (Wildman–Crippen MR) is 69.5 cm³/mol. The van der Waals surface area contributed by atoms with Crippen LogP contribution < -0.4 is 5.32 Å². The maximum absolute atomic E-state index is 13.4. The van der Waals surface area contributed by atoms with Crippen LogP contribution in [0.1, 0.15) is 16.5 Å². The second-order valence-corrected chi connectivity index (χ2v) is 5.19. The fraction of sp³-hybridized carbons (Fsp3) is 0.273. The Morgan fingerprint density at radius 3 is 3.00 bits per heavy atom. The molecule has 1 atom stereocenters. The van der Waals surface area contributed by atoms with Crippen molar-refractivity contribution in [2.24, 2.45) is 0 Å². The van der Waals surface area contributed by atoms with E-state index in [0.717, 1.165) is 10.4 Å². The molecule has 1 aromatic carbocycles. The average Bonchev–Trinajstić information content (AvgIpc) is 2.85. The molecule has 0 fully saturated rings. The third kappa shape index (κ3) is 2.88. The van der Waals surface area contributed by atoms with E-state index in [1.807, 2.05) is 13.1 Å². The number of halogens is 2. The van der Waals surface area contributed by atoms with Crippen molar-refractivity contribution >= 4 is 27.5 Å². The maximum Gasteiger partial charge on any atom is 0.137 e. The largest absolute Gasteiger partial charge is 0.312 e. The lowest BCUT2D eigenvalue weighted by atomic mass is 10.1. The first-order valence-corrected chi connectivity index (χ1v) is 6.66. The first-order chi connectivity index (χ1) is 8.22. The van der Waals surface area contributed by atoms with E-state index in [0.29, 0.717) is 10.9 Å². The van der Waals surface area contributed by atoms with Crippen LogP contribution in [-0.4, -0.2) is 16.6 Å². The van der Waals surface area contributed by atoms with E-state index in [1.54, 1.807) is 12.3 Å². The molecule has 1 unspecified atom stereocenters. The number of hydrogen-bond acceptors (Lipinski definition) is 4. The Bertz CT molecular complexity index is 489. The number of likely N-dealkylation sites (N-methyl/N-ethyl adjacent to an activating group) is 1. The highest BCUT2D eigenvalue weighted by Crippen LogP contribution is 2.26. The zero-order valence-electron chi connectivity index (χ0n) is 9.15. The van der Waals surface area contributed by atoms with Crippen LogP contribution in [0.15, 0.2) is 28.9 Å². The SMILES string of the molecule is CNC(Cc1cccc(F)c1Br)c1cnns1. The topological polar surface area (TPSA) is 37.8 Å². The first-order valence-electron chi connectivity index (χ1n) is 5.09. The van der Waals surface area contributed by atoms with Gasteiger partial charge in [-0.1, -0.05) is 16.6 Å². The van der Waals surface area contributed by atoms with Crippen molar-refractivity contribution in [2.45, 2.75) is 12.5 Å². The molecule has 17 heavy (non-hydrogen) atoms. The summed E-state index contributed by atoms with van der Waals surface area (Å²) in [6.45, 7) is 0. The van der Waals surface area contributed by atoms with Crippen LogP contribution in [0.2, 0.25) is 0 Å². The summed E-state index contributed by atoms with van der Waals surface area (Å²) in [4.78, 5) is 1.05. The molecule has 0 radical (unpaired) electrons. The lowest BCUT2D eigenvalue weighted by Crippen LogP contribution is -2.18. The van der Waals surface area contributed by atoms with Crippen LogP contribution in [-0.2, 0) is 6.42 Å². The van der Waals surface area contributed by atoms with Gasteiger partial charge in [-0.15, -0.1) is 5.10 Å². The van der Waals surface area contributed by atoms with Gasteiger partial charge in [0.2, 0.25) is 0 Å². The Hall–Kier alpha value is -0.850. The number of rotatable bonds is 4. The normalized spacial score (nSPS) is 12.6. The van der Waals surface area contributed by atoms with E-state index in [9.17, 15) is 4.39 Å². The predicted octanol–water partition coefficient (Wildman–Crippen LogP) is 2.94. The third-order valence-corrected chi connectivity index (χ3v) is 4.19. The molecule has 0 amide bonds. The van der Waals surface area contributed by atoms with Gasteiger partial charge in [-0.25, -0.2) is 4.39 Å². The minimum absolute atomic E-state index is 0.105. The van der Waals surface area contributed by atoms with Crippen molar-refractivity contribution < 1.29 is 4.39 Å². The summed E-state index contributed by atoms with van der Waals surface area (Å²) in [6.07, 6.45) is 2.43. The number of aromatic nitrogens is 2. The molecule has 3 nitrogen and oxygen atoms in total. The highest BCUT2D eigenvalue weighted by molar-refractivity contribution is 9.10. The van der Waals surface area contributed by atoms with E-state index in [2.05, 4.69) is 30.8 Å². The quantitative estimate of drug-likeness (QED) is 0.942. The summed E-state index contributed by atoms with van der Waals surface area (Å²) in [6, 6.07) is 5.17. The highest BCUT2D eigenvalue weighted by Gasteiger charge is 2.15. The summed E-state index contributed by atoms with van der Waals surface area (Å²) in [7, 11) is 1.87. The smallest absolute Gasteiger partial charge is 0.137 e. The van der Waals surface area contributed by atoms with Crippen molar-refractivity contribution in [3.8, 4) is 0 Å². The average molecular weight is 316 g/mol. The Balaban J connectivity index is 2.22. The molecule has 1 heterocycles. The molecule has 0 bridgehead atoms. The molecule has 2 rings (SSSR count). The Kier molecular flexibility index (Phi) is 4.20. The summed E-state index contributed by atoms with van der Waals surface area (Å²) in [5.74, 6) is -0.236.